The van der Waals surface area contributed by atoms with Crippen LogP contribution in [0.4, 0.5) is 0 Å². The summed E-state index contributed by atoms with van der Waals surface area (Å²) in [7, 11) is 0. The van der Waals surface area contributed by atoms with E-state index < -0.39 is 0 Å². The first-order chi connectivity index (χ1) is 9.79. The van der Waals surface area contributed by atoms with E-state index in [4.69, 9.17) is 5.73 Å². The standard InChI is InChI=1S/C17H26N2O/c18-16-9-17(15-8-4-3-7-14(15)16)19-10-12-5-1-2-6-13(12)11-20/h3-4,7-8,12-13,16-17,19-20H,1-2,5-6,9-11,18H2. The minimum atomic E-state index is 0.170. The molecule has 0 spiro atoms. The molecule has 3 nitrogen and oxygen atoms in total. The van der Waals surface area contributed by atoms with Crippen LogP contribution in [-0.4, -0.2) is 18.3 Å². The molecule has 0 saturated heterocycles. The van der Waals surface area contributed by atoms with E-state index in [0.717, 1.165) is 13.0 Å². The topological polar surface area (TPSA) is 58.3 Å². The highest BCUT2D eigenvalue weighted by atomic mass is 16.3. The first-order valence-electron chi connectivity index (χ1n) is 7.98. The summed E-state index contributed by atoms with van der Waals surface area (Å²) in [5.74, 6) is 1.11. The third kappa shape index (κ3) is 2.76. The third-order valence-electron chi connectivity index (χ3n) is 5.19. The fourth-order valence-electron chi connectivity index (χ4n) is 3.95. The Balaban J connectivity index is 1.62. The van der Waals surface area contributed by atoms with E-state index in [1.807, 2.05) is 0 Å². The first-order valence-corrected chi connectivity index (χ1v) is 7.98. The lowest BCUT2D eigenvalue weighted by atomic mass is 9.79. The second kappa shape index (κ2) is 6.25. The van der Waals surface area contributed by atoms with Gasteiger partial charge in [0.2, 0.25) is 0 Å². The molecular formula is C17H26N2O. The smallest absolute Gasteiger partial charge is 0.0462 e. The van der Waals surface area contributed by atoms with E-state index in [9.17, 15) is 5.11 Å². The van der Waals surface area contributed by atoms with Gasteiger partial charge in [-0.2, -0.15) is 0 Å². The van der Waals surface area contributed by atoms with Crippen LogP contribution in [0.1, 0.15) is 55.3 Å². The van der Waals surface area contributed by atoms with Gasteiger partial charge >= 0.3 is 0 Å². The number of aliphatic hydroxyl groups excluding tert-OH is 1. The molecule has 0 bridgehead atoms. The molecular weight excluding hydrogens is 248 g/mol. The molecule has 0 radical (unpaired) electrons. The van der Waals surface area contributed by atoms with Crippen LogP contribution in [0, 0.1) is 11.8 Å². The summed E-state index contributed by atoms with van der Waals surface area (Å²) in [6, 6.07) is 9.08. The summed E-state index contributed by atoms with van der Waals surface area (Å²) in [4.78, 5) is 0. The van der Waals surface area contributed by atoms with Crippen molar-refractivity contribution in [2.45, 2.75) is 44.2 Å². The summed E-state index contributed by atoms with van der Waals surface area (Å²) < 4.78 is 0. The van der Waals surface area contributed by atoms with Crippen LogP contribution < -0.4 is 11.1 Å². The van der Waals surface area contributed by atoms with E-state index in [1.165, 1.54) is 36.8 Å². The van der Waals surface area contributed by atoms with Crippen molar-refractivity contribution in [1.82, 2.24) is 5.32 Å². The van der Waals surface area contributed by atoms with Crippen molar-refractivity contribution in [3.63, 3.8) is 0 Å². The Hall–Kier alpha value is -0.900. The maximum absolute atomic E-state index is 9.51. The highest BCUT2D eigenvalue weighted by molar-refractivity contribution is 5.37. The molecule has 1 fully saturated rings. The Morgan fingerprint density at radius 3 is 2.55 bits per heavy atom. The van der Waals surface area contributed by atoms with Crippen LogP contribution in [0.2, 0.25) is 0 Å². The molecule has 1 aromatic rings. The molecule has 2 aliphatic carbocycles. The van der Waals surface area contributed by atoms with Crippen LogP contribution >= 0.6 is 0 Å². The van der Waals surface area contributed by atoms with Crippen molar-refractivity contribution in [2.24, 2.45) is 17.6 Å². The lowest BCUT2D eigenvalue weighted by Gasteiger charge is -2.31. The van der Waals surface area contributed by atoms with Crippen LogP contribution in [0.25, 0.3) is 0 Å². The van der Waals surface area contributed by atoms with Gasteiger partial charge in [0.1, 0.15) is 0 Å². The van der Waals surface area contributed by atoms with E-state index >= 15 is 0 Å². The van der Waals surface area contributed by atoms with Crippen molar-refractivity contribution in [3.8, 4) is 0 Å². The third-order valence-corrected chi connectivity index (χ3v) is 5.19. The normalized spacial score (nSPS) is 33.1. The molecule has 20 heavy (non-hydrogen) atoms. The van der Waals surface area contributed by atoms with Crippen molar-refractivity contribution in [2.75, 3.05) is 13.2 Å². The second-order valence-corrected chi connectivity index (χ2v) is 6.42. The highest BCUT2D eigenvalue weighted by Gasteiger charge is 2.30. The number of nitrogens with one attached hydrogen (secondary N) is 1. The van der Waals surface area contributed by atoms with Crippen molar-refractivity contribution in [1.29, 1.82) is 0 Å². The molecule has 3 rings (SSSR count). The summed E-state index contributed by atoms with van der Waals surface area (Å²) in [5.41, 5.74) is 8.89. The van der Waals surface area contributed by atoms with Gasteiger partial charge in [-0.3, -0.25) is 0 Å². The Labute approximate surface area is 121 Å². The molecule has 110 valence electrons. The molecule has 4 atom stereocenters. The first kappa shape index (κ1) is 14.1. The molecule has 0 aliphatic heterocycles. The Bertz CT molecular complexity index is 448. The molecule has 0 aromatic heterocycles. The monoisotopic (exact) mass is 274 g/mol. The molecule has 2 aliphatic rings. The van der Waals surface area contributed by atoms with Gasteiger partial charge < -0.3 is 16.2 Å². The number of benzene rings is 1. The van der Waals surface area contributed by atoms with Crippen LogP contribution in [0.3, 0.4) is 0 Å². The predicted molar refractivity (Wildman–Crippen MR) is 81.3 cm³/mol. The molecule has 1 aromatic carbocycles. The summed E-state index contributed by atoms with van der Waals surface area (Å²) in [5, 5.41) is 13.2. The second-order valence-electron chi connectivity index (χ2n) is 6.42. The minimum absolute atomic E-state index is 0.170. The number of hydrogen-bond acceptors (Lipinski definition) is 3. The Kier molecular flexibility index (Phi) is 4.39. The van der Waals surface area contributed by atoms with Crippen molar-refractivity contribution < 1.29 is 5.11 Å². The maximum atomic E-state index is 9.51. The van der Waals surface area contributed by atoms with Gasteiger partial charge in [-0.15, -0.1) is 0 Å². The highest BCUT2D eigenvalue weighted by Crippen LogP contribution is 2.37. The SMILES string of the molecule is NC1CC(NCC2CCCCC2CO)c2ccccc21. The Morgan fingerprint density at radius 2 is 1.80 bits per heavy atom. The number of fused-ring (bicyclic) bond motifs is 1. The van der Waals surface area contributed by atoms with Gasteiger partial charge in [0.15, 0.2) is 0 Å². The summed E-state index contributed by atoms with van der Waals surface area (Å²) in [6.07, 6.45) is 6.01. The largest absolute Gasteiger partial charge is 0.396 e. The van der Waals surface area contributed by atoms with Crippen LogP contribution in [0.5, 0.6) is 0 Å². The average molecular weight is 274 g/mol. The summed E-state index contributed by atoms with van der Waals surface area (Å²) >= 11 is 0. The number of rotatable bonds is 4. The van der Waals surface area contributed by atoms with Gasteiger partial charge in [0.25, 0.3) is 0 Å². The van der Waals surface area contributed by atoms with Gasteiger partial charge in [0.05, 0.1) is 0 Å². The van der Waals surface area contributed by atoms with Gasteiger partial charge in [0, 0.05) is 18.7 Å². The van der Waals surface area contributed by atoms with Crippen LogP contribution in [0.15, 0.2) is 24.3 Å². The summed E-state index contributed by atoms with van der Waals surface area (Å²) in [6.45, 7) is 1.35. The zero-order valence-corrected chi connectivity index (χ0v) is 12.1. The Morgan fingerprint density at radius 1 is 1.10 bits per heavy atom. The molecule has 0 amide bonds. The van der Waals surface area contributed by atoms with E-state index in [2.05, 4.69) is 29.6 Å². The molecule has 0 heterocycles. The van der Waals surface area contributed by atoms with E-state index in [1.54, 1.807) is 0 Å². The fourth-order valence-corrected chi connectivity index (χ4v) is 3.95. The fraction of sp³-hybridized carbons (Fsp3) is 0.647. The number of hydrogen-bond donors (Lipinski definition) is 3. The van der Waals surface area contributed by atoms with Crippen LogP contribution in [-0.2, 0) is 0 Å². The lowest BCUT2D eigenvalue weighted by molar-refractivity contribution is 0.131. The molecule has 4 unspecified atom stereocenters. The molecule has 1 saturated carbocycles. The quantitative estimate of drug-likeness (QED) is 0.790. The molecule has 3 heteroatoms. The average Bonchev–Trinajstić information content (AvgIpc) is 2.82. The van der Waals surface area contributed by atoms with Crippen molar-refractivity contribution in [3.05, 3.63) is 35.4 Å². The lowest BCUT2D eigenvalue weighted by Crippen LogP contribution is -2.34. The minimum Gasteiger partial charge on any atom is -0.396 e. The van der Waals surface area contributed by atoms with Gasteiger partial charge in [-0.05, 0) is 48.8 Å². The number of nitrogens with two attached hydrogens (primary N) is 1. The number of aliphatic hydroxyl groups is 1. The predicted octanol–water partition coefficient (Wildman–Crippen LogP) is 2.52. The van der Waals surface area contributed by atoms with Gasteiger partial charge in [-0.1, -0.05) is 37.1 Å². The van der Waals surface area contributed by atoms with E-state index in [-0.39, 0.29) is 6.04 Å². The van der Waals surface area contributed by atoms with Gasteiger partial charge in [-0.25, -0.2) is 0 Å². The molecule has 4 N–H and O–H groups in total. The maximum Gasteiger partial charge on any atom is 0.0462 e. The zero-order valence-electron chi connectivity index (χ0n) is 12.1. The van der Waals surface area contributed by atoms with E-state index in [0.29, 0.717) is 24.5 Å². The zero-order chi connectivity index (χ0) is 13.9. The van der Waals surface area contributed by atoms with Crippen molar-refractivity contribution >= 4 is 0 Å².